The molecule has 1 unspecified atom stereocenters. The van der Waals surface area contributed by atoms with Crippen molar-refractivity contribution in [3.05, 3.63) is 108 Å². The summed E-state index contributed by atoms with van der Waals surface area (Å²) in [5.41, 5.74) is 2.74. The molecular weight excluding hydrogens is 443 g/mol. The fourth-order valence-corrected chi connectivity index (χ4v) is 3.76. The van der Waals surface area contributed by atoms with E-state index in [1.165, 1.54) is 30.5 Å². The van der Waals surface area contributed by atoms with Crippen LogP contribution in [0.2, 0.25) is 0 Å². The summed E-state index contributed by atoms with van der Waals surface area (Å²) in [5.74, 6) is -0.175. The third kappa shape index (κ3) is 5.03. The van der Waals surface area contributed by atoms with E-state index in [-0.39, 0.29) is 16.6 Å². The van der Waals surface area contributed by atoms with Gasteiger partial charge in [0.2, 0.25) is 15.9 Å². The van der Waals surface area contributed by atoms with E-state index in [2.05, 4.69) is 9.97 Å². The molecule has 4 rings (SSSR count). The van der Waals surface area contributed by atoms with Gasteiger partial charge in [0, 0.05) is 29.7 Å². The van der Waals surface area contributed by atoms with Gasteiger partial charge in [-0.2, -0.15) is 5.26 Å². The van der Waals surface area contributed by atoms with E-state index < -0.39 is 16.1 Å². The fraction of sp³-hybridized carbons (Fsp3) is 0.0417. The number of pyridine rings is 2. The number of sulfonamides is 1. The number of ether oxygens (including phenoxy) is 1. The molecule has 33 heavy (non-hydrogen) atoms. The zero-order chi connectivity index (χ0) is 23.4. The average Bonchev–Trinajstić information content (AvgIpc) is 2.83. The summed E-state index contributed by atoms with van der Waals surface area (Å²) in [7, 11) is -3.86. The first-order valence-corrected chi connectivity index (χ1v) is 11.3. The molecule has 0 saturated carbocycles. The Morgan fingerprint density at radius 1 is 1.00 bits per heavy atom. The van der Waals surface area contributed by atoms with Crippen molar-refractivity contribution in [3.8, 4) is 23.1 Å². The zero-order valence-corrected chi connectivity index (χ0v) is 17.9. The summed E-state index contributed by atoms with van der Waals surface area (Å²) < 4.78 is 43.0. The molecule has 0 aliphatic carbocycles. The predicted octanol–water partition coefficient (Wildman–Crippen LogP) is 3.97. The first kappa shape index (κ1) is 22.1. The molecule has 0 bridgehead atoms. The lowest BCUT2D eigenvalue weighted by Gasteiger charge is -2.21. The van der Waals surface area contributed by atoms with E-state index in [0.717, 1.165) is 0 Å². The number of halogens is 1. The highest BCUT2D eigenvalue weighted by Crippen LogP contribution is 2.35. The standard InChI is InChI=1S/C24H17FN4O3S/c25-20-7-3-18(4-8-20)23(19-2-1-11-28-15-19)32-24-22(12-16(13-26)14-29-24)17-5-9-21(10-6-17)33(27,30)31/h1-12,14-15,23H,(H2,27,30,31). The van der Waals surface area contributed by atoms with Crippen LogP contribution in [-0.4, -0.2) is 18.4 Å². The summed E-state index contributed by atoms with van der Waals surface area (Å²) in [6.07, 6.45) is 3.98. The molecule has 9 heteroatoms. The van der Waals surface area contributed by atoms with Crippen LogP contribution in [0.25, 0.3) is 11.1 Å². The van der Waals surface area contributed by atoms with Crippen LogP contribution < -0.4 is 9.88 Å². The van der Waals surface area contributed by atoms with Crippen molar-refractivity contribution < 1.29 is 17.5 Å². The third-order valence-electron chi connectivity index (χ3n) is 4.86. The lowest BCUT2D eigenvalue weighted by molar-refractivity contribution is 0.238. The number of rotatable bonds is 6. The second-order valence-electron chi connectivity index (χ2n) is 7.09. The van der Waals surface area contributed by atoms with E-state index >= 15 is 0 Å². The van der Waals surface area contributed by atoms with Crippen molar-refractivity contribution in [1.82, 2.24) is 9.97 Å². The first-order valence-electron chi connectivity index (χ1n) is 9.70. The van der Waals surface area contributed by atoms with E-state index in [9.17, 15) is 18.1 Å². The van der Waals surface area contributed by atoms with Crippen molar-refractivity contribution in [2.75, 3.05) is 0 Å². The minimum absolute atomic E-state index is 0.0438. The quantitative estimate of drug-likeness (QED) is 0.465. The Hall–Kier alpha value is -4.13. The smallest absolute Gasteiger partial charge is 0.238 e. The maximum absolute atomic E-state index is 13.5. The molecular formula is C24H17FN4O3S. The van der Waals surface area contributed by atoms with Crippen molar-refractivity contribution in [1.29, 1.82) is 5.26 Å². The number of nitriles is 1. The van der Waals surface area contributed by atoms with Crippen molar-refractivity contribution in [3.63, 3.8) is 0 Å². The first-order chi connectivity index (χ1) is 15.8. The molecule has 0 fully saturated rings. The normalized spacial score (nSPS) is 12.0. The molecule has 2 N–H and O–H groups in total. The largest absolute Gasteiger partial charge is 0.464 e. The monoisotopic (exact) mass is 460 g/mol. The molecule has 0 saturated heterocycles. The molecule has 0 aliphatic heterocycles. The van der Waals surface area contributed by atoms with Crippen molar-refractivity contribution in [2.45, 2.75) is 11.0 Å². The number of primary sulfonamides is 1. The SMILES string of the molecule is N#Cc1cnc(OC(c2ccc(F)cc2)c2cccnc2)c(-c2ccc(S(N)(=O)=O)cc2)c1. The van der Waals surface area contributed by atoms with E-state index in [4.69, 9.17) is 9.88 Å². The second kappa shape index (κ2) is 9.16. The number of nitrogens with zero attached hydrogens (tertiary/aromatic N) is 3. The Bertz CT molecular complexity index is 1420. The van der Waals surface area contributed by atoms with Crippen LogP contribution >= 0.6 is 0 Å². The molecule has 0 spiro atoms. The van der Waals surface area contributed by atoms with Gasteiger partial charge in [-0.15, -0.1) is 0 Å². The topological polar surface area (TPSA) is 119 Å². The van der Waals surface area contributed by atoms with Gasteiger partial charge in [0.25, 0.3) is 0 Å². The fourth-order valence-electron chi connectivity index (χ4n) is 3.25. The summed E-state index contributed by atoms with van der Waals surface area (Å²) in [4.78, 5) is 8.42. The molecule has 2 aromatic carbocycles. The van der Waals surface area contributed by atoms with Crippen LogP contribution in [-0.2, 0) is 10.0 Å². The highest BCUT2D eigenvalue weighted by Gasteiger charge is 2.20. The lowest BCUT2D eigenvalue weighted by Crippen LogP contribution is -2.12. The Labute approximate surface area is 190 Å². The van der Waals surface area contributed by atoms with Crippen LogP contribution in [0.3, 0.4) is 0 Å². The molecule has 4 aromatic rings. The Balaban J connectivity index is 1.80. The molecule has 2 aromatic heterocycles. The van der Waals surface area contributed by atoms with Gasteiger partial charge in [-0.1, -0.05) is 30.3 Å². The van der Waals surface area contributed by atoms with Crippen LogP contribution in [0.5, 0.6) is 5.88 Å². The van der Waals surface area contributed by atoms with E-state index in [1.54, 1.807) is 48.8 Å². The summed E-state index contributed by atoms with van der Waals surface area (Å²) in [6, 6.07) is 19.0. The van der Waals surface area contributed by atoms with Gasteiger partial charge in [-0.3, -0.25) is 4.98 Å². The van der Waals surface area contributed by atoms with E-state index in [0.29, 0.717) is 27.8 Å². The number of hydrogen-bond donors (Lipinski definition) is 1. The number of nitrogens with two attached hydrogens (primary N) is 1. The molecule has 0 aliphatic rings. The second-order valence-corrected chi connectivity index (χ2v) is 8.66. The van der Waals surface area contributed by atoms with Crippen molar-refractivity contribution in [2.24, 2.45) is 5.14 Å². The zero-order valence-electron chi connectivity index (χ0n) is 17.1. The highest BCUT2D eigenvalue weighted by molar-refractivity contribution is 7.89. The van der Waals surface area contributed by atoms with Gasteiger partial charge < -0.3 is 4.74 Å². The van der Waals surface area contributed by atoms with Gasteiger partial charge in [0.05, 0.1) is 10.5 Å². The maximum atomic E-state index is 13.5. The molecule has 0 radical (unpaired) electrons. The third-order valence-corrected chi connectivity index (χ3v) is 5.79. The molecule has 7 nitrogen and oxygen atoms in total. The molecule has 0 amide bonds. The summed E-state index contributed by atoms with van der Waals surface area (Å²) in [6.45, 7) is 0. The van der Waals surface area contributed by atoms with Crippen LogP contribution in [0.15, 0.2) is 90.2 Å². The maximum Gasteiger partial charge on any atom is 0.238 e. The van der Waals surface area contributed by atoms with Crippen LogP contribution in [0.1, 0.15) is 22.8 Å². The van der Waals surface area contributed by atoms with Gasteiger partial charge in [-0.25, -0.2) is 22.9 Å². The Morgan fingerprint density at radius 3 is 2.33 bits per heavy atom. The Kier molecular flexibility index (Phi) is 6.13. The van der Waals surface area contributed by atoms with Crippen LogP contribution in [0, 0.1) is 17.1 Å². The highest BCUT2D eigenvalue weighted by atomic mass is 32.2. The minimum atomic E-state index is -3.86. The predicted molar refractivity (Wildman–Crippen MR) is 119 cm³/mol. The molecule has 164 valence electrons. The molecule has 2 heterocycles. The van der Waals surface area contributed by atoms with Gasteiger partial charge in [0.15, 0.2) is 6.10 Å². The average molecular weight is 460 g/mol. The van der Waals surface area contributed by atoms with Gasteiger partial charge in [-0.05, 0) is 47.5 Å². The van der Waals surface area contributed by atoms with Crippen LogP contribution in [0.4, 0.5) is 4.39 Å². The van der Waals surface area contributed by atoms with Gasteiger partial charge in [0.1, 0.15) is 11.9 Å². The summed E-state index contributed by atoms with van der Waals surface area (Å²) >= 11 is 0. The minimum Gasteiger partial charge on any atom is -0.464 e. The number of hydrogen-bond acceptors (Lipinski definition) is 6. The number of aromatic nitrogens is 2. The lowest BCUT2D eigenvalue weighted by atomic mass is 10.0. The molecule has 1 atom stereocenters. The van der Waals surface area contributed by atoms with Gasteiger partial charge >= 0.3 is 0 Å². The Morgan fingerprint density at radius 2 is 1.73 bits per heavy atom. The van der Waals surface area contributed by atoms with Crippen molar-refractivity contribution >= 4 is 10.0 Å². The number of benzene rings is 2. The summed E-state index contributed by atoms with van der Waals surface area (Å²) in [5, 5.41) is 14.5. The van der Waals surface area contributed by atoms with E-state index in [1.807, 2.05) is 12.1 Å².